The summed E-state index contributed by atoms with van der Waals surface area (Å²) >= 11 is 9.60. The van der Waals surface area contributed by atoms with E-state index in [4.69, 9.17) is 21.9 Å². The van der Waals surface area contributed by atoms with Crippen molar-refractivity contribution in [2.45, 2.75) is 19.1 Å². The number of hydrogen-bond acceptors (Lipinski definition) is 3. The van der Waals surface area contributed by atoms with Crippen LogP contribution in [0.5, 0.6) is 0 Å². The molecule has 0 bridgehead atoms. The molecule has 1 aliphatic heterocycles. The second-order valence-corrected chi connectivity index (χ2v) is 8.82. The highest BCUT2D eigenvalue weighted by molar-refractivity contribution is 8.10. The molecule has 4 aromatic rings. The van der Waals surface area contributed by atoms with Crippen molar-refractivity contribution in [1.29, 1.82) is 0 Å². The van der Waals surface area contributed by atoms with Crippen LogP contribution in [0.3, 0.4) is 0 Å². The van der Waals surface area contributed by atoms with Crippen LogP contribution in [0.25, 0.3) is 21.8 Å². The number of ether oxygens (including phenoxy) is 1. The summed E-state index contributed by atoms with van der Waals surface area (Å²) in [7, 11) is 0. The number of hydrogen-bond donors (Lipinski definition) is 1. The zero-order chi connectivity index (χ0) is 20.5. The molecule has 4 nitrogen and oxygen atoms in total. The zero-order valence-electron chi connectivity index (χ0n) is 16.6. The number of aromatic nitrogens is 2. The van der Waals surface area contributed by atoms with Gasteiger partial charge in [-0.15, -0.1) is 12.6 Å². The average Bonchev–Trinajstić information content (AvgIpc) is 3.11. The van der Waals surface area contributed by atoms with Crippen molar-refractivity contribution >= 4 is 51.0 Å². The predicted molar refractivity (Wildman–Crippen MR) is 129 cm³/mol. The molecule has 0 aliphatic carbocycles. The van der Waals surface area contributed by atoms with Gasteiger partial charge in [0, 0.05) is 26.1 Å². The molecule has 1 fully saturated rings. The summed E-state index contributed by atoms with van der Waals surface area (Å²) in [6.07, 6.45) is 0.797. The Morgan fingerprint density at radius 1 is 1.07 bits per heavy atom. The molecule has 3 aromatic carbocycles. The van der Waals surface area contributed by atoms with Crippen LogP contribution in [0.2, 0.25) is 0 Å². The summed E-state index contributed by atoms with van der Waals surface area (Å²) < 4.78 is 8.99. The van der Waals surface area contributed by atoms with Crippen LogP contribution in [-0.4, -0.2) is 44.6 Å². The Labute approximate surface area is 186 Å². The van der Waals surface area contributed by atoms with Gasteiger partial charge in [-0.2, -0.15) is 0 Å². The summed E-state index contributed by atoms with van der Waals surface area (Å²) in [5, 5.41) is 2.52. The molecular formula is C24H23N3OS2. The number of para-hydroxylation sites is 2. The van der Waals surface area contributed by atoms with Crippen LogP contribution < -0.4 is 0 Å². The first-order valence-electron chi connectivity index (χ1n) is 10.2. The van der Waals surface area contributed by atoms with Crippen LogP contribution in [0, 0.1) is 0 Å². The van der Waals surface area contributed by atoms with Gasteiger partial charge in [0.15, 0.2) is 0 Å². The number of thiol groups is 1. The topological polar surface area (TPSA) is 30.3 Å². The molecule has 1 aromatic heterocycles. The van der Waals surface area contributed by atoms with Crippen LogP contribution in [0.4, 0.5) is 0 Å². The summed E-state index contributed by atoms with van der Waals surface area (Å²) in [6.45, 7) is 2.99. The molecular weight excluding hydrogens is 410 g/mol. The van der Waals surface area contributed by atoms with Crippen molar-refractivity contribution < 1.29 is 4.74 Å². The van der Waals surface area contributed by atoms with E-state index < -0.39 is 0 Å². The lowest BCUT2D eigenvalue weighted by Gasteiger charge is -2.33. The molecule has 1 unspecified atom stereocenters. The van der Waals surface area contributed by atoms with Crippen molar-refractivity contribution in [3.8, 4) is 0 Å². The van der Waals surface area contributed by atoms with E-state index in [9.17, 15) is 0 Å². The van der Waals surface area contributed by atoms with Gasteiger partial charge in [0.05, 0.1) is 23.7 Å². The predicted octanol–water partition coefficient (Wildman–Crippen LogP) is 4.70. The van der Waals surface area contributed by atoms with E-state index in [1.165, 1.54) is 16.3 Å². The lowest BCUT2D eigenvalue weighted by molar-refractivity contribution is -0.00438. The third-order valence-corrected chi connectivity index (χ3v) is 6.25. The first kappa shape index (κ1) is 19.5. The number of thiocarbonyl (C=S) groups is 1. The van der Waals surface area contributed by atoms with Gasteiger partial charge in [-0.05, 0) is 34.5 Å². The van der Waals surface area contributed by atoms with Gasteiger partial charge >= 0.3 is 0 Å². The van der Waals surface area contributed by atoms with Crippen LogP contribution >= 0.6 is 24.8 Å². The van der Waals surface area contributed by atoms with Gasteiger partial charge in [0.25, 0.3) is 0 Å². The second-order valence-electron chi connectivity index (χ2n) is 7.71. The fourth-order valence-corrected chi connectivity index (χ4v) is 4.55. The fourth-order valence-electron chi connectivity index (χ4n) is 4.20. The molecule has 0 saturated carbocycles. The number of fused-ring (bicyclic) bond motifs is 2. The summed E-state index contributed by atoms with van der Waals surface area (Å²) in [5.74, 6) is 1.04. The van der Waals surface area contributed by atoms with Gasteiger partial charge in [0.2, 0.25) is 0 Å². The number of rotatable bonds is 4. The van der Waals surface area contributed by atoms with E-state index in [0.717, 1.165) is 42.9 Å². The molecule has 5 rings (SSSR count). The third-order valence-electron chi connectivity index (χ3n) is 5.71. The maximum absolute atomic E-state index is 6.03. The molecule has 0 spiro atoms. The molecule has 152 valence electrons. The molecule has 6 heteroatoms. The smallest absolute Gasteiger partial charge is 0.133 e. The molecule has 2 heterocycles. The maximum Gasteiger partial charge on any atom is 0.133 e. The number of imidazole rings is 1. The Morgan fingerprint density at radius 2 is 1.87 bits per heavy atom. The van der Waals surface area contributed by atoms with Crippen LogP contribution in [0.15, 0.2) is 66.7 Å². The Hall–Kier alpha value is -2.41. The fraction of sp³-hybridized carbons (Fsp3) is 0.250. The zero-order valence-corrected chi connectivity index (χ0v) is 18.3. The van der Waals surface area contributed by atoms with Crippen LogP contribution in [0.1, 0.15) is 11.4 Å². The van der Waals surface area contributed by atoms with Gasteiger partial charge in [-0.25, -0.2) is 4.98 Å². The maximum atomic E-state index is 6.03. The summed E-state index contributed by atoms with van der Waals surface area (Å²) in [5.41, 5.74) is 3.43. The Balaban J connectivity index is 1.48. The number of benzene rings is 3. The van der Waals surface area contributed by atoms with Gasteiger partial charge in [-0.3, -0.25) is 0 Å². The monoisotopic (exact) mass is 433 g/mol. The summed E-state index contributed by atoms with van der Waals surface area (Å²) in [6, 6.07) is 23.5. The minimum absolute atomic E-state index is 0.0519. The molecule has 30 heavy (non-hydrogen) atoms. The molecule has 1 aliphatic rings. The second kappa shape index (κ2) is 8.38. The third kappa shape index (κ3) is 3.95. The molecule has 0 radical (unpaired) electrons. The average molecular weight is 434 g/mol. The Morgan fingerprint density at radius 3 is 2.73 bits per heavy atom. The highest BCUT2D eigenvalue weighted by atomic mass is 32.1. The van der Waals surface area contributed by atoms with Crippen molar-refractivity contribution in [3.63, 3.8) is 0 Å². The van der Waals surface area contributed by atoms with Crippen molar-refractivity contribution in [2.24, 2.45) is 0 Å². The Bertz CT molecular complexity index is 1220. The lowest BCUT2D eigenvalue weighted by atomic mass is 10.1. The van der Waals surface area contributed by atoms with E-state index in [0.29, 0.717) is 10.9 Å². The first-order valence-corrected chi connectivity index (χ1v) is 11.0. The lowest BCUT2D eigenvalue weighted by Crippen LogP contribution is -2.44. The van der Waals surface area contributed by atoms with E-state index in [-0.39, 0.29) is 6.10 Å². The number of morpholine rings is 1. The van der Waals surface area contributed by atoms with E-state index in [2.05, 4.69) is 82.8 Å². The first-order chi connectivity index (χ1) is 14.7. The van der Waals surface area contributed by atoms with Crippen LogP contribution in [-0.2, 0) is 17.7 Å². The van der Waals surface area contributed by atoms with Crippen molar-refractivity contribution in [3.05, 3.63) is 78.1 Å². The normalized spacial score (nSPS) is 17.0. The Kier molecular flexibility index (Phi) is 5.46. The molecule has 0 N–H and O–H groups in total. The minimum Gasteiger partial charge on any atom is -0.374 e. The number of nitrogens with zero attached hydrogens (tertiary/aromatic N) is 3. The van der Waals surface area contributed by atoms with Crippen molar-refractivity contribution in [2.75, 3.05) is 19.7 Å². The summed E-state index contributed by atoms with van der Waals surface area (Å²) in [4.78, 5) is 7.05. The van der Waals surface area contributed by atoms with E-state index >= 15 is 0 Å². The van der Waals surface area contributed by atoms with Gasteiger partial charge in [0.1, 0.15) is 10.1 Å². The van der Waals surface area contributed by atoms with Crippen molar-refractivity contribution in [1.82, 2.24) is 14.5 Å². The highest BCUT2D eigenvalue weighted by Gasteiger charge is 2.24. The standard InChI is InChI=1S/C24H23N3OS2/c29-24(30)26-11-12-28-20(16-26)14-23-25-21-7-3-4-8-22(21)27(23)15-17-9-10-18-5-1-2-6-19(18)13-17/h1-10,13,20H,11-12,14-16H2,(H,29,30). The largest absolute Gasteiger partial charge is 0.374 e. The highest BCUT2D eigenvalue weighted by Crippen LogP contribution is 2.23. The minimum atomic E-state index is 0.0519. The SMILES string of the molecule is S=C(S)N1CCOC(Cc2nc3ccccc3n2Cc2ccc3ccccc3c2)C1. The molecule has 0 amide bonds. The molecule has 1 saturated heterocycles. The van der Waals surface area contributed by atoms with E-state index in [1.807, 2.05) is 6.07 Å². The van der Waals surface area contributed by atoms with E-state index in [1.54, 1.807) is 0 Å². The van der Waals surface area contributed by atoms with Gasteiger partial charge < -0.3 is 14.2 Å². The molecule has 1 atom stereocenters. The quantitative estimate of drug-likeness (QED) is 0.373. The van der Waals surface area contributed by atoms with Gasteiger partial charge in [-0.1, -0.05) is 60.7 Å².